The predicted octanol–water partition coefficient (Wildman–Crippen LogP) is 4.13. The zero-order valence-corrected chi connectivity index (χ0v) is 12.6. The molecular formula is C15H15F6NO2. The maximum Gasteiger partial charge on any atom is 0.430 e. The molecule has 0 spiro atoms. The number of halogens is 6. The lowest BCUT2D eigenvalue weighted by Crippen LogP contribution is -2.53. The van der Waals surface area contributed by atoms with Gasteiger partial charge in [-0.25, -0.2) is 0 Å². The fourth-order valence-corrected chi connectivity index (χ4v) is 2.44. The van der Waals surface area contributed by atoms with E-state index in [9.17, 15) is 36.2 Å². The second-order valence-electron chi connectivity index (χ2n) is 5.87. The van der Waals surface area contributed by atoms with Crippen molar-refractivity contribution >= 4 is 11.6 Å². The summed E-state index contributed by atoms with van der Waals surface area (Å²) < 4.78 is 76.6. The van der Waals surface area contributed by atoms with E-state index in [1.807, 2.05) is 6.92 Å². The maximum atomic E-state index is 12.8. The van der Waals surface area contributed by atoms with E-state index in [4.69, 9.17) is 0 Å². The Kier molecular flexibility index (Phi) is 4.37. The predicted molar refractivity (Wildman–Crippen MR) is 73.0 cm³/mol. The first kappa shape index (κ1) is 18.6. The van der Waals surface area contributed by atoms with Crippen molar-refractivity contribution in [2.75, 3.05) is 5.32 Å². The first-order valence-electron chi connectivity index (χ1n) is 7.15. The number of benzene rings is 1. The van der Waals surface area contributed by atoms with Gasteiger partial charge < -0.3 is 10.4 Å². The molecule has 0 aliphatic heterocycles. The number of hydrogen-bond acceptors (Lipinski definition) is 2. The zero-order valence-electron chi connectivity index (χ0n) is 12.6. The van der Waals surface area contributed by atoms with Crippen LogP contribution in [0.5, 0.6) is 0 Å². The van der Waals surface area contributed by atoms with E-state index < -0.39 is 28.9 Å². The Morgan fingerprint density at radius 1 is 1.08 bits per heavy atom. The van der Waals surface area contributed by atoms with Gasteiger partial charge in [0.1, 0.15) is 0 Å². The van der Waals surface area contributed by atoms with E-state index in [2.05, 4.69) is 5.32 Å². The van der Waals surface area contributed by atoms with Gasteiger partial charge in [-0.1, -0.05) is 19.1 Å². The van der Waals surface area contributed by atoms with Gasteiger partial charge in [0, 0.05) is 16.7 Å². The SMILES string of the molecule is CCC1(C(=O)Nc2ccc(C(O)(C(F)(F)F)C(F)(F)F)cc2)CC1. The number of aliphatic hydroxyl groups is 1. The van der Waals surface area contributed by atoms with Crippen molar-refractivity contribution in [1.29, 1.82) is 0 Å². The minimum Gasteiger partial charge on any atom is -0.369 e. The molecule has 0 saturated heterocycles. The first-order chi connectivity index (χ1) is 10.9. The number of rotatable bonds is 4. The smallest absolute Gasteiger partial charge is 0.369 e. The minimum atomic E-state index is -5.93. The fraction of sp³-hybridized carbons (Fsp3) is 0.533. The van der Waals surface area contributed by atoms with E-state index in [0.717, 1.165) is 12.1 Å². The van der Waals surface area contributed by atoms with Gasteiger partial charge in [-0.3, -0.25) is 4.79 Å². The largest absolute Gasteiger partial charge is 0.430 e. The van der Waals surface area contributed by atoms with Crippen LogP contribution in [-0.2, 0) is 10.4 Å². The summed E-state index contributed by atoms with van der Waals surface area (Å²) in [5, 5.41) is 11.7. The number of hydrogen-bond donors (Lipinski definition) is 2. The Balaban J connectivity index is 2.26. The van der Waals surface area contributed by atoms with Crippen molar-refractivity contribution < 1.29 is 36.2 Å². The number of carbonyl (C=O) groups excluding carboxylic acids is 1. The summed E-state index contributed by atoms with van der Waals surface area (Å²) in [5.41, 5.74) is -6.77. The average molecular weight is 355 g/mol. The molecule has 1 aromatic carbocycles. The van der Waals surface area contributed by atoms with Crippen LogP contribution in [0.2, 0.25) is 0 Å². The van der Waals surface area contributed by atoms with Crippen molar-refractivity contribution in [2.24, 2.45) is 5.41 Å². The van der Waals surface area contributed by atoms with Crippen LogP contribution in [0.4, 0.5) is 32.0 Å². The topological polar surface area (TPSA) is 49.3 Å². The number of amides is 1. The zero-order chi connectivity index (χ0) is 18.4. The molecular weight excluding hydrogens is 340 g/mol. The molecule has 0 atom stereocenters. The van der Waals surface area contributed by atoms with Gasteiger partial charge in [-0.2, -0.15) is 26.3 Å². The lowest BCUT2D eigenvalue weighted by atomic mass is 9.92. The normalized spacial score (nSPS) is 17.5. The van der Waals surface area contributed by atoms with Crippen LogP contribution in [0, 0.1) is 5.41 Å². The average Bonchev–Trinajstić information content (AvgIpc) is 3.26. The second kappa shape index (κ2) is 5.65. The van der Waals surface area contributed by atoms with Crippen molar-refractivity contribution in [1.82, 2.24) is 0 Å². The quantitative estimate of drug-likeness (QED) is 0.798. The summed E-state index contributed by atoms with van der Waals surface area (Å²) in [6, 6.07) is 2.81. The molecule has 3 nitrogen and oxygen atoms in total. The Morgan fingerprint density at radius 2 is 1.54 bits per heavy atom. The van der Waals surface area contributed by atoms with Crippen molar-refractivity contribution in [2.45, 2.75) is 44.1 Å². The molecule has 9 heteroatoms. The van der Waals surface area contributed by atoms with Crippen LogP contribution >= 0.6 is 0 Å². The summed E-state index contributed by atoms with van der Waals surface area (Å²) in [4.78, 5) is 12.0. The van der Waals surface area contributed by atoms with E-state index in [0.29, 0.717) is 31.4 Å². The molecule has 0 aromatic heterocycles. The Hall–Kier alpha value is -1.77. The molecule has 24 heavy (non-hydrogen) atoms. The van der Waals surface area contributed by atoms with Crippen LogP contribution < -0.4 is 5.32 Å². The molecule has 1 aliphatic rings. The summed E-state index contributed by atoms with van der Waals surface area (Å²) in [6.45, 7) is 1.82. The first-order valence-corrected chi connectivity index (χ1v) is 7.15. The van der Waals surface area contributed by atoms with E-state index in [1.165, 1.54) is 0 Å². The lowest BCUT2D eigenvalue weighted by molar-refractivity contribution is -0.376. The molecule has 0 bridgehead atoms. The van der Waals surface area contributed by atoms with E-state index in [1.54, 1.807) is 0 Å². The highest BCUT2D eigenvalue weighted by atomic mass is 19.4. The number of anilines is 1. The van der Waals surface area contributed by atoms with Crippen molar-refractivity contribution in [3.8, 4) is 0 Å². The summed E-state index contributed by atoms with van der Waals surface area (Å²) in [6.07, 6.45) is -9.89. The molecule has 1 fully saturated rings. The standard InChI is InChI=1S/C15H15F6NO2/c1-2-12(7-8-12)11(23)22-10-5-3-9(4-6-10)13(24,14(16,17)18)15(19,20)21/h3-6,24H,2,7-8H2,1H3,(H,22,23). The summed E-state index contributed by atoms with van der Waals surface area (Å²) >= 11 is 0. The van der Waals surface area contributed by atoms with Crippen LogP contribution in [0.15, 0.2) is 24.3 Å². The van der Waals surface area contributed by atoms with Gasteiger partial charge in [-0.05, 0) is 31.4 Å². The van der Waals surface area contributed by atoms with Gasteiger partial charge >= 0.3 is 12.4 Å². The van der Waals surface area contributed by atoms with E-state index in [-0.39, 0.29) is 11.6 Å². The Bertz CT molecular complexity index is 602. The maximum absolute atomic E-state index is 12.8. The number of carbonyl (C=O) groups is 1. The number of alkyl halides is 6. The third-order valence-corrected chi connectivity index (χ3v) is 4.39. The van der Waals surface area contributed by atoms with Crippen molar-refractivity contribution in [3.05, 3.63) is 29.8 Å². The molecule has 0 heterocycles. The van der Waals surface area contributed by atoms with Gasteiger partial charge in [0.2, 0.25) is 5.91 Å². The van der Waals surface area contributed by atoms with E-state index >= 15 is 0 Å². The fourth-order valence-electron chi connectivity index (χ4n) is 2.44. The highest BCUT2D eigenvalue weighted by molar-refractivity contribution is 5.97. The third-order valence-electron chi connectivity index (χ3n) is 4.39. The van der Waals surface area contributed by atoms with Crippen LogP contribution in [0.1, 0.15) is 31.7 Å². The highest BCUT2D eigenvalue weighted by Crippen LogP contribution is 2.51. The molecule has 1 aromatic rings. The third kappa shape index (κ3) is 2.97. The summed E-state index contributed by atoms with van der Waals surface area (Å²) in [7, 11) is 0. The molecule has 134 valence electrons. The van der Waals surface area contributed by atoms with Crippen LogP contribution in [-0.4, -0.2) is 23.4 Å². The molecule has 1 aliphatic carbocycles. The van der Waals surface area contributed by atoms with Crippen molar-refractivity contribution in [3.63, 3.8) is 0 Å². The molecule has 0 radical (unpaired) electrons. The van der Waals surface area contributed by atoms with Crippen LogP contribution in [0.3, 0.4) is 0 Å². The Labute approximate surface area is 133 Å². The van der Waals surface area contributed by atoms with Gasteiger partial charge in [0.25, 0.3) is 5.60 Å². The molecule has 2 rings (SSSR count). The molecule has 1 saturated carbocycles. The Morgan fingerprint density at radius 3 is 1.88 bits per heavy atom. The summed E-state index contributed by atoms with van der Waals surface area (Å²) in [5.74, 6) is -0.320. The van der Waals surface area contributed by atoms with Gasteiger partial charge in [-0.15, -0.1) is 0 Å². The molecule has 0 unspecified atom stereocenters. The molecule has 1 amide bonds. The van der Waals surface area contributed by atoms with Gasteiger partial charge in [0.05, 0.1) is 0 Å². The highest BCUT2D eigenvalue weighted by Gasteiger charge is 2.71. The molecule has 2 N–H and O–H groups in total. The monoisotopic (exact) mass is 355 g/mol. The number of nitrogens with one attached hydrogen (secondary N) is 1. The lowest BCUT2D eigenvalue weighted by Gasteiger charge is -2.32. The minimum absolute atomic E-state index is 0.0650. The second-order valence-corrected chi connectivity index (χ2v) is 5.87. The van der Waals surface area contributed by atoms with Gasteiger partial charge in [0.15, 0.2) is 0 Å². The van der Waals surface area contributed by atoms with Crippen LogP contribution in [0.25, 0.3) is 0 Å².